The normalized spacial score (nSPS) is 20.6. The molecule has 3 aliphatic heterocycles. The number of para-hydroxylation sites is 2. The fraction of sp³-hybridized carbons (Fsp3) is 0.387. The highest BCUT2D eigenvalue weighted by Crippen LogP contribution is 2.34. The number of hydrogen-bond donors (Lipinski definition) is 5. The molecule has 2 saturated heterocycles. The van der Waals surface area contributed by atoms with E-state index in [0.29, 0.717) is 30.1 Å². The second-order valence-corrected chi connectivity index (χ2v) is 12.5. The van der Waals surface area contributed by atoms with Crippen molar-refractivity contribution in [3.63, 3.8) is 0 Å². The molecule has 7 rings (SSSR count). The second kappa shape index (κ2) is 12.1. The van der Waals surface area contributed by atoms with Crippen molar-refractivity contribution < 1.29 is 9.59 Å². The monoisotopic (exact) mass is 597 g/mol. The van der Waals surface area contributed by atoms with Gasteiger partial charge in [0.15, 0.2) is 0 Å². The minimum atomic E-state index is -0.0946. The van der Waals surface area contributed by atoms with Crippen LogP contribution in [-0.2, 0) is 17.8 Å². The van der Waals surface area contributed by atoms with E-state index >= 15 is 0 Å². The third kappa shape index (κ3) is 5.83. The Balaban J connectivity index is 1.09. The highest BCUT2D eigenvalue weighted by molar-refractivity contribution is 8.00. The van der Waals surface area contributed by atoms with Crippen LogP contribution in [0.3, 0.4) is 0 Å². The zero-order valence-electron chi connectivity index (χ0n) is 23.8. The molecule has 5 heterocycles. The molecular formula is C31H35N9O2S. The Morgan fingerprint density at radius 2 is 1.88 bits per heavy atom. The summed E-state index contributed by atoms with van der Waals surface area (Å²) in [5, 5.41) is 16.4. The van der Waals surface area contributed by atoms with Gasteiger partial charge in [0.05, 0.1) is 23.1 Å². The number of amides is 3. The van der Waals surface area contributed by atoms with Crippen LogP contribution in [0, 0.1) is 0 Å². The van der Waals surface area contributed by atoms with Gasteiger partial charge in [-0.05, 0) is 43.4 Å². The molecule has 11 nitrogen and oxygen atoms in total. The maximum absolute atomic E-state index is 13.2. The molecule has 0 spiro atoms. The number of nitrogens with one attached hydrogen (secondary N) is 5. The smallest absolute Gasteiger partial charge is 0.315 e. The fourth-order valence-corrected chi connectivity index (χ4v) is 7.67. The van der Waals surface area contributed by atoms with E-state index < -0.39 is 0 Å². The van der Waals surface area contributed by atoms with Crippen LogP contribution in [0.25, 0.3) is 17.0 Å². The molecule has 2 aromatic carbocycles. The van der Waals surface area contributed by atoms with E-state index in [2.05, 4.69) is 38.7 Å². The van der Waals surface area contributed by atoms with Gasteiger partial charge in [0.2, 0.25) is 17.8 Å². The van der Waals surface area contributed by atoms with Crippen LogP contribution in [0.5, 0.6) is 0 Å². The minimum absolute atomic E-state index is 0.0691. The molecule has 2 aromatic heterocycles. The quantitative estimate of drug-likeness (QED) is 0.134. The highest BCUT2D eigenvalue weighted by atomic mass is 32.2. The molecule has 0 saturated carbocycles. The van der Waals surface area contributed by atoms with Gasteiger partial charge < -0.3 is 21.3 Å². The van der Waals surface area contributed by atoms with Gasteiger partial charge in [0.25, 0.3) is 0 Å². The van der Waals surface area contributed by atoms with Crippen molar-refractivity contribution in [3.8, 4) is 5.95 Å². The lowest BCUT2D eigenvalue weighted by atomic mass is 10.0. The summed E-state index contributed by atoms with van der Waals surface area (Å²) in [4.78, 5) is 39.5. The van der Waals surface area contributed by atoms with Crippen molar-refractivity contribution in [2.24, 2.45) is 0 Å². The molecule has 3 atom stereocenters. The van der Waals surface area contributed by atoms with Crippen LogP contribution in [-0.4, -0.2) is 61.1 Å². The number of fused-ring (bicyclic) bond motifs is 3. The summed E-state index contributed by atoms with van der Waals surface area (Å²) >= 11 is 1.90. The number of aromatic nitrogens is 4. The average Bonchev–Trinajstić information content (AvgIpc) is 3.70. The van der Waals surface area contributed by atoms with E-state index in [4.69, 9.17) is 15.0 Å². The Bertz CT molecular complexity index is 1640. The lowest BCUT2D eigenvalue weighted by molar-refractivity contribution is -0.116. The van der Waals surface area contributed by atoms with Gasteiger partial charge >= 0.3 is 6.03 Å². The molecule has 4 aromatic rings. The summed E-state index contributed by atoms with van der Waals surface area (Å²) in [5.74, 6) is 3.30. The van der Waals surface area contributed by atoms with Gasteiger partial charge in [0.1, 0.15) is 11.6 Å². The Labute approximate surface area is 254 Å². The van der Waals surface area contributed by atoms with Crippen molar-refractivity contribution in [3.05, 3.63) is 65.7 Å². The molecular weight excluding hydrogens is 562 g/mol. The van der Waals surface area contributed by atoms with Crippen molar-refractivity contribution in [1.29, 1.82) is 0 Å². The van der Waals surface area contributed by atoms with E-state index in [1.54, 1.807) is 0 Å². The summed E-state index contributed by atoms with van der Waals surface area (Å²) in [7, 11) is 0. The lowest BCUT2D eigenvalue weighted by Gasteiger charge is -2.22. The molecule has 0 aliphatic carbocycles. The largest absolute Gasteiger partial charge is 0.370 e. The maximum atomic E-state index is 13.2. The van der Waals surface area contributed by atoms with Crippen molar-refractivity contribution >= 4 is 52.3 Å². The number of carbonyl (C=O) groups is 2. The van der Waals surface area contributed by atoms with E-state index in [1.807, 2.05) is 58.8 Å². The lowest BCUT2D eigenvalue weighted by Crippen LogP contribution is -2.36. The SMILES string of the molecule is O=C(CCCC[C@@H]1SC[C@@H]2NC(=O)N[C@@H]21)Nc1nc2ccccc2n1-c1nc2c(c(NCc3ccccc3)n1)CCCN2. The number of hydrogen-bond acceptors (Lipinski definition) is 8. The van der Waals surface area contributed by atoms with Gasteiger partial charge in [-0.25, -0.2) is 14.3 Å². The number of thioether (sulfide) groups is 1. The summed E-state index contributed by atoms with van der Waals surface area (Å²) in [5.41, 5.74) is 3.81. The van der Waals surface area contributed by atoms with Crippen LogP contribution >= 0.6 is 11.8 Å². The molecule has 3 amide bonds. The Kier molecular flexibility index (Phi) is 7.75. The molecule has 0 unspecified atom stereocenters. The first-order valence-electron chi connectivity index (χ1n) is 15.0. The summed E-state index contributed by atoms with van der Waals surface area (Å²) in [6, 6.07) is 18.3. The molecule has 2 fully saturated rings. The number of imidazole rings is 1. The average molecular weight is 598 g/mol. The first-order chi connectivity index (χ1) is 21.1. The van der Waals surface area contributed by atoms with Gasteiger partial charge in [0, 0.05) is 36.1 Å². The van der Waals surface area contributed by atoms with Crippen molar-refractivity contribution in [2.45, 2.75) is 62.4 Å². The number of nitrogens with zero attached hydrogens (tertiary/aromatic N) is 4. The van der Waals surface area contributed by atoms with Crippen LogP contribution in [0.2, 0.25) is 0 Å². The predicted molar refractivity (Wildman–Crippen MR) is 170 cm³/mol. The zero-order valence-corrected chi connectivity index (χ0v) is 24.6. The third-order valence-electron chi connectivity index (χ3n) is 8.29. The van der Waals surface area contributed by atoms with Crippen LogP contribution in [0.15, 0.2) is 54.6 Å². The Morgan fingerprint density at radius 1 is 1.02 bits per heavy atom. The molecule has 5 N–H and O–H groups in total. The second-order valence-electron chi connectivity index (χ2n) is 11.2. The van der Waals surface area contributed by atoms with Gasteiger partial charge in [-0.2, -0.15) is 21.7 Å². The topological polar surface area (TPSA) is 138 Å². The molecule has 3 aliphatic rings. The number of anilines is 3. The maximum Gasteiger partial charge on any atom is 0.315 e. The van der Waals surface area contributed by atoms with Gasteiger partial charge in [-0.15, -0.1) is 0 Å². The van der Waals surface area contributed by atoms with E-state index in [0.717, 1.165) is 78.2 Å². The Hall–Kier alpha value is -4.32. The van der Waals surface area contributed by atoms with E-state index in [9.17, 15) is 9.59 Å². The van der Waals surface area contributed by atoms with Crippen molar-refractivity contribution in [1.82, 2.24) is 30.2 Å². The standard InChI is InChI=1S/C31H35N9O2S/c41-25(15-7-6-14-24-26-22(18-43-24)35-31(42)37-26)36-29-34-21-12-4-5-13-23(21)40(29)30-38-27-20(11-8-16-32-27)28(39-30)33-17-19-9-2-1-3-10-19/h1-5,9-10,12-13,22,24,26H,6-8,11,14-18H2,(H,34,36,41)(H2,35,37,42)(H2,32,33,38,39)/t22-,24-,26-/m0/s1. The highest BCUT2D eigenvalue weighted by Gasteiger charge is 2.42. The van der Waals surface area contributed by atoms with Crippen molar-refractivity contribution in [2.75, 3.05) is 28.2 Å². The number of urea groups is 1. The summed E-state index contributed by atoms with van der Waals surface area (Å²) in [6.45, 7) is 1.49. The van der Waals surface area contributed by atoms with Gasteiger partial charge in [-0.3, -0.25) is 10.1 Å². The first-order valence-corrected chi connectivity index (χ1v) is 16.1. The van der Waals surface area contributed by atoms with Crippen LogP contribution in [0.4, 0.5) is 22.4 Å². The molecule has 12 heteroatoms. The number of carbonyl (C=O) groups excluding carboxylic acids is 2. The van der Waals surface area contributed by atoms with E-state index in [1.165, 1.54) is 0 Å². The molecule has 0 radical (unpaired) electrons. The zero-order chi connectivity index (χ0) is 29.2. The molecule has 0 bridgehead atoms. The van der Waals surface area contributed by atoms with Gasteiger partial charge in [-0.1, -0.05) is 48.9 Å². The van der Waals surface area contributed by atoms with E-state index in [-0.39, 0.29) is 24.0 Å². The Morgan fingerprint density at radius 3 is 2.79 bits per heavy atom. The first kappa shape index (κ1) is 27.5. The molecule has 222 valence electrons. The number of rotatable bonds is 10. The van der Waals surface area contributed by atoms with Crippen LogP contribution < -0.4 is 26.6 Å². The summed E-state index contributed by atoms with van der Waals surface area (Å²) in [6.07, 6.45) is 4.92. The summed E-state index contributed by atoms with van der Waals surface area (Å²) < 4.78 is 1.84. The predicted octanol–water partition coefficient (Wildman–Crippen LogP) is 4.45. The number of unbranched alkanes of at least 4 members (excludes halogenated alkanes) is 1. The minimum Gasteiger partial charge on any atom is -0.370 e. The fourth-order valence-electron chi connectivity index (χ4n) is 6.13. The van der Waals surface area contributed by atoms with Crippen LogP contribution in [0.1, 0.15) is 43.2 Å². The number of benzene rings is 2. The molecule has 43 heavy (non-hydrogen) atoms. The third-order valence-corrected chi connectivity index (χ3v) is 9.80.